The number of nitrogens with one attached hydrogen (secondary N) is 2. The van der Waals surface area contributed by atoms with E-state index in [0.717, 1.165) is 21.0 Å². The third kappa shape index (κ3) is 5.71. The Labute approximate surface area is 203 Å². The predicted molar refractivity (Wildman–Crippen MR) is 110 cm³/mol. The lowest BCUT2D eigenvalue weighted by Gasteiger charge is -2.60. The molecule has 2 rings (SSSR count). The molecule has 0 aromatic rings. The highest BCUT2D eigenvalue weighted by Gasteiger charge is 2.73. The van der Waals surface area contributed by atoms with E-state index in [1.165, 1.54) is 0 Å². The van der Waals surface area contributed by atoms with Crippen molar-refractivity contribution in [2.24, 2.45) is 0 Å². The number of rotatable bonds is 8. The van der Waals surface area contributed by atoms with E-state index < -0.39 is 92.8 Å². The van der Waals surface area contributed by atoms with Crippen molar-refractivity contribution in [1.82, 2.24) is 10.6 Å². The maximum atomic E-state index is 11.9. The normalized spacial score (nSPS) is 42.4. The van der Waals surface area contributed by atoms with Crippen molar-refractivity contribution >= 4 is 19.6 Å². The van der Waals surface area contributed by atoms with Crippen LogP contribution in [0.5, 0.6) is 0 Å². The maximum absolute atomic E-state index is 11.9. The zero-order valence-electron chi connectivity index (χ0n) is 19.2. The summed E-state index contributed by atoms with van der Waals surface area (Å²) < 4.78 is 31.5. The van der Waals surface area contributed by atoms with Crippen LogP contribution in [0.3, 0.4) is 0 Å². The lowest BCUT2D eigenvalue weighted by Crippen LogP contribution is -2.85. The molecule has 11 N–H and O–H groups in total. The van der Waals surface area contributed by atoms with Gasteiger partial charge in [0.15, 0.2) is 6.29 Å². The van der Waals surface area contributed by atoms with E-state index in [0.29, 0.717) is 0 Å². The van der Waals surface area contributed by atoms with Gasteiger partial charge in [-0.15, -0.1) is 0 Å². The number of hydrogen-bond donors (Lipinski definition) is 11. The highest BCUT2D eigenvalue weighted by atomic mass is 31.2. The largest absolute Gasteiger partial charge is 0.472 e. The van der Waals surface area contributed by atoms with Gasteiger partial charge in [0.1, 0.15) is 48.7 Å². The molecule has 18 nitrogen and oxygen atoms in total. The van der Waals surface area contributed by atoms with Crippen molar-refractivity contribution < 1.29 is 78.4 Å². The summed E-state index contributed by atoms with van der Waals surface area (Å²) >= 11 is 0. The molecule has 210 valence electrons. The summed E-state index contributed by atoms with van der Waals surface area (Å²) in [5.41, 5.74) is 0. The van der Waals surface area contributed by atoms with Crippen molar-refractivity contribution in [3.63, 3.8) is 0 Å². The molecular formula is C17H31N2O16P. The minimum absolute atomic E-state index is 0.810. The number of hydrogen-bond acceptors (Lipinski definition) is 14. The van der Waals surface area contributed by atoms with Crippen LogP contribution in [0.1, 0.15) is 13.8 Å². The lowest BCUT2D eigenvalue weighted by atomic mass is 9.77. The molecule has 0 saturated carbocycles. The van der Waals surface area contributed by atoms with Crippen molar-refractivity contribution in [3.8, 4) is 0 Å². The summed E-state index contributed by atoms with van der Waals surface area (Å²) in [5, 5.41) is 78.1. The number of aliphatic hydroxyl groups excluding tert-OH is 6. The summed E-state index contributed by atoms with van der Waals surface area (Å²) in [4.78, 5) is 41.9. The molecular weight excluding hydrogens is 519 g/mol. The molecule has 2 amide bonds. The first-order valence-electron chi connectivity index (χ1n) is 10.4. The Bertz CT molecular complexity index is 859. The minimum Gasteiger partial charge on any atom is -0.394 e. The molecule has 2 aliphatic heterocycles. The molecule has 0 bridgehead atoms. The van der Waals surface area contributed by atoms with Crippen LogP contribution in [0, 0.1) is 0 Å². The van der Waals surface area contributed by atoms with E-state index in [9.17, 15) is 49.9 Å². The van der Waals surface area contributed by atoms with Crippen molar-refractivity contribution in [2.75, 3.05) is 13.7 Å². The van der Waals surface area contributed by atoms with Crippen LogP contribution in [0.15, 0.2) is 0 Å². The number of carbonyl (C=O) groups is 2. The standard InChI is InChI=1S/C17H31N2O16P/c1-5(21)18-13-10(25)8(23)7(4-20)33-16(13,28)17(32-3)14(19-6(2)22)11(26)9(24)12(34-17)15(27)35-36(29,30)31/h7-15,20,23-28H,4H2,1-3H3,(H,18,21)(H,19,22)(H2,29,30,31)/t7-,8-,9+,10+,11+,12+,13-,14-,15?,16+,17-/m1/s1. The van der Waals surface area contributed by atoms with E-state index in [4.69, 9.17) is 24.0 Å². The zero-order valence-corrected chi connectivity index (χ0v) is 20.1. The van der Waals surface area contributed by atoms with Gasteiger partial charge in [-0.2, -0.15) is 0 Å². The van der Waals surface area contributed by atoms with Gasteiger partial charge in [0, 0.05) is 21.0 Å². The highest BCUT2D eigenvalue weighted by molar-refractivity contribution is 7.46. The quantitative estimate of drug-likeness (QED) is 0.0989. The number of phosphoric ester groups is 1. The van der Waals surface area contributed by atoms with Crippen LogP contribution in [0.2, 0.25) is 0 Å². The van der Waals surface area contributed by atoms with Crippen molar-refractivity contribution in [3.05, 3.63) is 0 Å². The minimum atomic E-state index is -5.43. The van der Waals surface area contributed by atoms with Gasteiger partial charge in [0.25, 0.3) is 0 Å². The number of phosphoric acid groups is 1. The number of amides is 2. The van der Waals surface area contributed by atoms with Gasteiger partial charge >= 0.3 is 7.82 Å². The van der Waals surface area contributed by atoms with Crippen molar-refractivity contribution in [1.29, 1.82) is 0 Å². The Morgan fingerprint density at radius 2 is 1.47 bits per heavy atom. The van der Waals surface area contributed by atoms with Gasteiger partial charge in [-0.25, -0.2) is 4.57 Å². The molecule has 0 aliphatic carbocycles. The predicted octanol–water partition coefficient (Wildman–Crippen LogP) is -6.31. The van der Waals surface area contributed by atoms with E-state index in [-0.39, 0.29) is 0 Å². The van der Waals surface area contributed by atoms with Gasteiger partial charge in [0.2, 0.25) is 23.4 Å². The Morgan fingerprint density at radius 1 is 0.972 bits per heavy atom. The second-order valence-electron chi connectivity index (χ2n) is 8.29. The fourth-order valence-electron chi connectivity index (χ4n) is 4.29. The Morgan fingerprint density at radius 3 is 1.92 bits per heavy atom. The van der Waals surface area contributed by atoms with Crippen LogP contribution in [-0.4, -0.2) is 138 Å². The first kappa shape index (κ1) is 30.9. The second kappa shape index (κ2) is 11.2. The highest BCUT2D eigenvalue weighted by Crippen LogP contribution is 2.47. The average Bonchev–Trinajstić information content (AvgIpc) is 2.75. The van der Waals surface area contributed by atoms with E-state index in [1.807, 2.05) is 0 Å². The number of aliphatic hydroxyl groups is 7. The van der Waals surface area contributed by atoms with E-state index >= 15 is 0 Å². The Balaban J connectivity index is 2.76. The first-order chi connectivity index (χ1) is 16.5. The third-order valence-corrected chi connectivity index (χ3v) is 6.29. The smallest absolute Gasteiger partial charge is 0.394 e. The molecule has 2 aliphatic rings. The lowest BCUT2D eigenvalue weighted by molar-refractivity contribution is -0.473. The van der Waals surface area contributed by atoms with Crippen LogP contribution < -0.4 is 10.6 Å². The summed E-state index contributed by atoms with van der Waals surface area (Å²) in [6.07, 6.45) is -15.4. The molecule has 0 spiro atoms. The maximum Gasteiger partial charge on any atom is 0.472 e. The van der Waals surface area contributed by atoms with Gasteiger partial charge in [-0.1, -0.05) is 0 Å². The fourth-order valence-corrected chi connectivity index (χ4v) is 4.69. The van der Waals surface area contributed by atoms with Crippen LogP contribution in [0.4, 0.5) is 0 Å². The average molecular weight is 550 g/mol. The van der Waals surface area contributed by atoms with Crippen LogP contribution in [-0.2, 0) is 32.9 Å². The fraction of sp³-hybridized carbons (Fsp3) is 0.882. The van der Waals surface area contributed by atoms with Crippen molar-refractivity contribution in [2.45, 2.75) is 80.4 Å². The van der Waals surface area contributed by atoms with E-state index in [1.54, 1.807) is 0 Å². The van der Waals surface area contributed by atoms with Gasteiger partial charge in [-0.05, 0) is 0 Å². The van der Waals surface area contributed by atoms with Crippen LogP contribution >= 0.6 is 7.82 Å². The molecule has 1 unspecified atom stereocenters. The molecule has 2 fully saturated rings. The summed E-state index contributed by atoms with van der Waals surface area (Å²) in [7, 11) is -4.62. The van der Waals surface area contributed by atoms with Crippen LogP contribution in [0.25, 0.3) is 0 Å². The molecule has 36 heavy (non-hydrogen) atoms. The third-order valence-electron chi connectivity index (χ3n) is 5.80. The second-order valence-corrected chi connectivity index (χ2v) is 9.49. The zero-order chi connectivity index (χ0) is 27.8. The van der Waals surface area contributed by atoms with Gasteiger partial charge < -0.3 is 70.4 Å². The number of ether oxygens (including phenoxy) is 3. The molecule has 11 atom stereocenters. The number of methoxy groups -OCH3 is 1. The summed E-state index contributed by atoms with van der Waals surface area (Å²) in [6, 6.07) is -4.14. The summed E-state index contributed by atoms with van der Waals surface area (Å²) in [6.45, 7) is 0.864. The SMILES string of the molecule is CO[C@@]1([C@@]2(O)O[C@H](CO)[C@@H](O)[C@H](O)[C@H]2NC(C)=O)O[C@H](C(O)OP(=O)(O)O)[C@@H](O)[C@H](O)[C@H]1NC(C)=O. The van der Waals surface area contributed by atoms with Gasteiger partial charge in [-0.3, -0.25) is 14.1 Å². The molecule has 0 aromatic carbocycles. The topological polar surface area (TPSA) is 294 Å². The molecule has 0 radical (unpaired) electrons. The van der Waals surface area contributed by atoms with Gasteiger partial charge in [0.05, 0.1) is 6.61 Å². The molecule has 0 aromatic heterocycles. The Kier molecular flexibility index (Phi) is 9.59. The monoisotopic (exact) mass is 550 g/mol. The molecule has 2 heterocycles. The first-order valence-corrected chi connectivity index (χ1v) is 11.9. The molecule has 19 heteroatoms. The molecule has 2 saturated heterocycles. The Hall–Kier alpha value is -1.35. The number of carbonyl (C=O) groups excluding carboxylic acids is 2. The summed E-state index contributed by atoms with van der Waals surface area (Å²) in [5.74, 6) is -8.11. The van der Waals surface area contributed by atoms with E-state index in [2.05, 4.69) is 15.2 Å².